The molecule has 2 aromatic carbocycles. The zero-order valence-corrected chi connectivity index (χ0v) is 18.1. The summed E-state index contributed by atoms with van der Waals surface area (Å²) < 4.78 is 10.7. The minimum absolute atomic E-state index is 0.159. The number of rotatable bonds is 8. The number of hydrogen-bond acceptors (Lipinski definition) is 5. The maximum atomic E-state index is 12.7. The predicted molar refractivity (Wildman–Crippen MR) is 118 cm³/mol. The third-order valence-electron chi connectivity index (χ3n) is 5.71. The van der Waals surface area contributed by atoms with Gasteiger partial charge in [-0.3, -0.25) is 9.69 Å². The lowest BCUT2D eigenvalue weighted by Crippen LogP contribution is -2.27. The number of nitrogens with zero attached hydrogens (tertiary/aromatic N) is 2. The molecule has 4 rings (SSSR count). The SMILES string of the molecule is COc1cc2nc(CN(Cc3ccc(C(C)C)cc3)C3CC3)[nH]c(=O)c2cc1OC. The maximum absolute atomic E-state index is 12.7. The summed E-state index contributed by atoms with van der Waals surface area (Å²) in [5.41, 5.74) is 3.08. The Morgan fingerprint density at radius 3 is 2.33 bits per heavy atom. The zero-order valence-electron chi connectivity index (χ0n) is 18.1. The molecule has 0 amide bonds. The van der Waals surface area contributed by atoms with Crippen molar-refractivity contribution in [2.24, 2.45) is 0 Å². The van der Waals surface area contributed by atoms with E-state index in [9.17, 15) is 4.79 Å². The Labute approximate surface area is 176 Å². The molecule has 0 spiro atoms. The van der Waals surface area contributed by atoms with Crippen molar-refractivity contribution in [2.75, 3.05) is 14.2 Å². The average Bonchev–Trinajstić information content (AvgIpc) is 3.58. The van der Waals surface area contributed by atoms with Crippen LogP contribution < -0.4 is 15.0 Å². The van der Waals surface area contributed by atoms with Gasteiger partial charge in [-0.05, 0) is 36.0 Å². The molecule has 1 aliphatic carbocycles. The van der Waals surface area contributed by atoms with Crippen LogP contribution in [-0.4, -0.2) is 35.1 Å². The zero-order chi connectivity index (χ0) is 21.3. The van der Waals surface area contributed by atoms with E-state index >= 15 is 0 Å². The molecule has 158 valence electrons. The van der Waals surface area contributed by atoms with E-state index in [1.54, 1.807) is 26.4 Å². The molecular formula is C24H29N3O3. The second kappa shape index (κ2) is 8.48. The Kier molecular flexibility index (Phi) is 5.77. The first-order chi connectivity index (χ1) is 14.5. The second-order valence-corrected chi connectivity index (χ2v) is 8.27. The molecule has 1 saturated carbocycles. The quantitative estimate of drug-likeness (QED) is 0.605. The molecule has 30 heavy (non-hydrogen) atoms. The van der Waals surface area contributed by atoms with E-state index in [-0.39, 0.29) is 5.56 Å². The number of H-pyrrole nitrogens is 1. The van der Waals surface area contributed by atoms with E-state index in [1.165, 1.54) is 24.0 Å². The van der Waals surface area contributed by atoms with Crippen LogP contribution in [0, 0.1) is 0 Å². The van der Waals surface area contributed by atoms with Crippen LogP contribution in [0.2, 0.25) is 0 Å². The highest BCUT2D eigenvalue weighted by molar-refractivity contribution is 5.81. The van der Waals surface area contributed by atoms with Crippen molar-refractivity contribution in [1.82, 2.24) is 14.9 Å². The number of fused-ring (bicyclic) bond motifs is 1. The van der Waals surface area contributed by atoms with Crippen molar-refractivity contribution in [3.8, 4) is 11.5 Å². The van der Waals surface area contributed by atoms with E-state index in [0.717, 1.165) is 6.54 Å². The summed E-state index contributed by atoms with van der Waals surface area (Å²) in [4.78, 5) is 22.8. The molecule has 1 N–H and O–H groups in total. The van der Waals surface area contributed by atoms with Crippen molar-refractivity contribution in [1.29, 1.82) is 0 Å². The average molecular weight is 408 g/mol. The Bertz CT molecular complexity index is 1090. The van der Waals surface area contributed by atoms with Gasteiger partial charge < -0.3 is 14.5 Å². The van der Waals surface area contributed by atoms with Crippen LogP contribution in [0.25, 0.3) is 10.9 Å². The first kappa shape index (κ1) is 20.4. The smallest absolute Gasteiger partial charge is 0.258 e. The fourth-order valence-corrected chi connectivity index (χ4v) is 3.78. The van der Waals surface area contributed by atoms with Gasteiger partial charge in [-0.25, -0.2) is 4.98 Å². The van der Waals surface area contributed by atoms with Gasteiger partial charge in [0.2, 0.25) is 0 Å². The topological polar surface area (TPSA) is 67.5 Å². The minimum Gasteiger partial charge on any atom is -0.493 e. The summed E-state index contributed by atoms with van der Waals surface area (Å²) in [7, 11) is 3.14. The van der Waals surface area contributed by atoms with Crippen molar-refractivity contribution >= 4 is 10.9 Å². The van der Waals surface area contributed by atoms with Crippen molar-refractivity contribution in [2.45, 2.75) is 51.7 Å². The van der Waals surface area contributed by atoms with Gasteiger partial charge in [-0.15, -0.1) is 0 Å². The van der Waals surface area contributed by atoms with E-state index < -0.39 is 0 Å². The van der Waals surface area contributed by atoms with Gasteiger partial charge in [0.25, 0.3) is 5.56 Å². The molecule has 0 bridgehead atoms. The lowest BCUT2D eigenvalue weighted by molar-refractivity contribution is 0.239. The summed E-state index contributed by atoms with van der Waals surface area (Å²) in [6, 6.07) is 12.8. The van der Waals surface area contributed by atoms with Gasteiger partial charge in [0.1, 0.15) is 5.82 Å². The van der Waals surface area contributed by atoms with E-state index in [1.807, 2.05) is 0 Å². The summed E-state index contributed by atoms with van der Waals surface area (Å²) in [5, 5.41) is 0.499. The van der Waals surface area contributed by atoms with E-state index in [4.69, 9.17) is 14.5 Å². The van der Waals surface area contributed by atoms with Crippen LogP contribution in [-0.2, 0) is 13.1 Å². The summed E-state index contributed by atoms with van der Waals surface area (Å²) in [5.74, 6) is 2.29. The predicted octanol–water partition coefficient (Wildman–Crippen LogP) is 4.23. The Balaban J connectivity index is 1.59. The highest BCUT2D eigenvalue weighted by atomic mass is 16.5. The summed E-state index contributed by atoms with van der Waals surface area (Å²) in [6.45, 7) is 5.86. The van der Waals surface area contributed by atoms with Gasteiger partial charge in [-0.1, -0.05) is 38.1 Å². The number of methoxy groups -OCH3 is 2. The molecule has 6 nitrogen and oxygen atoms in total. The Morgan fingerprint density at radius 2 is 1.73 bits per heavy atom. The standard InChI is InChI=1S/C24H29N3O3/c1-15(2)17-7-5-16(6-8-17)13-27(18-9-10-18)14-23-25-20-12-22(30-4)21(29-3)11-19(20)24(28)26-23/h5-8,11-12,15,18H,9-10,13-14H2,1-4H3,(H,25,26,28). The molecule has 1 fully saturated rings. The number of aromatic nitrogens is 2. The van der Waals surface area contributed by atoms with Crippen LogP contribution in [0.5, 0.6) is 11.5 Å². The lowest BCUT2D eigenvalue weighted by Gasteiger charge is -2.22. The lowest BCUT2D eigenvalue weighted by atomic mass is 10.0. The highest BCUT2D eigenvalue weighted by Crippen LogP contribution is 2.31. The molecule has 0 atom stereocenters. The van der Waals surface area contributed by atoms with Crippen LogP contribution >= 0.6 is 0 Å². The first-order valence-corrected chi connectivity index (χ1v) is 10.5. The third kappa shape index (κ3) is 4.33. The van der Waals surface area contributed by atoms with Crippen molar-refractivity contribution in [3.63, 3.8) is 0 Å². The molecule has 1 aliphatic rings. The maximum Gasteiger partial charge on any atom is 0.258 e. The van der Waals surface area contributed by atoms with E-state index in [0.29, 0.717) is 46.7 Å². The van der Waals surface area contributed by atoms with Crippen molar-refractivity contribution < 1.29 is 9.47 Å². The largest absolute Gasteiger partial charge is 0.493 e. The number of ether oxygens (including phenoxy) is 2. The fraction of sp³-hybridized carbons (Fsp3) is 0.417. The number of nitrogens with one attached hydrogen (secondary N) is 1. The molecular weight excluding hydrogens is 378 g/mol. The fourth-order valence-electron chi connectivity index (χ4n) is 3.78. The van der Waals surface area contributed by atoms with Crippen LogP contribution in [0.1, 0.15) is 49.6 Å². The number of hydrogen-bond donors (Lipinski definition) is 1. The molecule has 1 heterocycles. The Hall–Kier alpha value is -2.86. The van der Waals surface area contributed by atoms with Gasteiger partial charge in [0.15, 0.2) is 11.5 Å². The molecule has 1 aromatic heterocycles. The van der Waals surface area contributed by atoms with Gasteiger partial charge >= 0.3 is 0 Å². The molecule has 0 aliphatic heterocycles. The van der Waals surface area contributed by atoms with Gasteiger partial charge in [-0.2, -0.15) is 0 Å². The van der Waals surface area contributed by atoms with E-state index in [2.05, 4.69) is 48.0 Å². The van der Waals surface area contributed by atoms with Crippen LogP contribution in [0.3, 0.4) is 0 Å². The summed E-state index contributed by atoms with van der Waals surface area (Å²) in [6.07, 6.45) is 2.37. The summed E-state index contributed by atoms with van der Waals surface area (Å²) >= 11 is 0. The van der Waals surface area contributed by atoms with Crippen LogP contribution in [0.4, 0.5) is 0 Å². The molecule has 0 unspecified atom stereocenters. The monoisotopic (exact) mass is 407 g/mol. The second-order valence-electron chi connectivity index (χ2n) is 8.27. The minimum atomic E-state index is -0.159. The normalized spacial score (nSPS) is 13.9. The van der Waals surface area contributed by atoms with Crippen molar-refractivity contribution in [3.05, 3.63) is 63.7 Å². The first-order valence-electron chi connectivity index (χ1n) is 10.5. The Morgan fingerprint density at radius 1 is 1.07 bits per heavy atom. The van der Waals surface area contributed by atoms with Crippen LogP contribution in [0.15, 0.2) is 41.2 Å². The third-order valence-corrected chi connectivity index (χ3v) is 5.71. The molecule has 0 saturated heterocycles. The molecule has 3 aromatic rings. The van der Waals surface area contributed by atoms with Gasteiger partial charge in [0, 0.05) is 18.7 Å². The molecule has 6 heteroatoms. The number of aromatic amines is 1. The number of benzene rings is 2. The molecule has 0 radical (unpaired) electrons. The highest BCUT2D eigenvalue weighted by Gasteiger charge is 2.29. The van der Waals surface area contributed by atoms with Gasteiger partial charge in [0.05, 0.1) is 31.7 Å².